The van der Waals surface area contributed by atoms with Crippen molar-refractivity contribution < 1.29 is 4.74 Å². The Morgan fingerprint density at radius 1 is 1.37 bits per heavy atom. The van der Waals surface area contributed by atoms with Crippen molar-refractivity contribution in [2.24, 2.45) is 0 Å². The highest BCUT2D eigenvalue weighted by Crippen LogP contribution is 2.30. The number of nitrogens with one attached hydrogen (secondary N) is 1. The molecule has 1 heterocycles. The zero-order valence-corrected chi connectivity index (χ0v) is 14.0. The number of rotatable bonds is 5. The summed E-state index contributed by atoms with van der Waals surface area (Å²) in [5.74, 6) is 0.833. The fourth-order valence-corrected chi connectivity index (χ4v) is 3.42. The molecular formula is C14H15BrClNOS. The van der Waals surface area contributed by atoms with Crippen LogP contribution in [0.15, 0.2) is 28.7 Å². The van der Waals surface area contributed by atoms with Crippen molar-refractivity contribution in [3.8, 4) is 5.75 Å². The largest absolute Gasteiger partial charge is 0.492 e. The summed E-state index contributed by atoms with van der Waals surface area (Å²) in [6.45, 7) is 5.47. The first kappa shape index (κ1) is 14.7. The summed E-state index contributed by atoms with van der Waals surface area (Å²) in [5, 5.41) is 4.08. The monoisotopic (exact) mass is 359 g/mol. The van der Waals surface area contributed by atoms with Crippen molar-refractivity contribution in [2.75, 3.05) is 11.9 Å². The molecule has 19 heavy (non-hydrogen) atoms. The standard InChI is InChI=1S/C14H15BrClNOS/c1-3-18-14-5-4-10(16)6-13(14)17-8-11-7-12(15)9(2)19-11/h4-7,17H,3,8H2,1-2H3. The van der Waals surface area contributed by atoms with E-state index in [0.717, 1.165) is 22.5 Å². The lowest BCUT2D eigenvalue weighted by atomic mass is 10.3. The van der Waals surface area contributed by atoms with Crippen LogP contribution in [0.25, 0.3) is 0 Å². The molecule has 5 heteroatoms. The number of halogens is 2. The van der Waals surface area contributed by atoms with Gasteiger partial charge in [0.2, 0.25) is 0 Å². The smallest absolute Gasteiger partial charge is 0.142 e. The number of hydrogen-bond donors (Lipinski definition) is 1. The first-order valence-corrected chi connectivity index (χ1v) is 8.00. The average Bonchev–Trinajstić information content (AvgIpc) is 2.69. The molecule has 1 aromatic carbocycles. The van der Waals surface area contributed by atoms with Crippen molar-refractivity contribution in [1.29, 1.82) is 0 Å². The molecule has 1 N–H and O–H groups in total. The Kier molecular flexibility index (Phi) is 5.13. The molecule has 0 atom stereocenters. The van der Waals surface area contributed by atoms with Gasteiger partial charge in [0.15, 0.2) is 0 Å². The van der Waals surface area contributed by atoms with Crippen LogP contribution >= 0.6 is 38.9 Å². The minimum atomic E-state index is 0.639. The van der Waals surface area contributed by atoms with E-state index in [4.69, 9.17) is 16.3 Å². The van der Waals surface area contributed by atoms with E-state index in [1.54, 1.807) is 11.3 Å². The van der Waals surface area contributed by atoms with Gasteiger partial charge in [0.1, 0.15) is 5.75 Å². The zero-order chi connectivity index (χ0) is 13.8. The molecule has 0 aliphatic carbocycles. The number of thiophene rings is 1. The Hall–Kier alpha value is -0.710. The first-order chi connectivity index (χ1) is 9.10. The Bertz CT molecular complexity index is 551. The van der Waals surface area contributed by atoms with Gasteiger partial charge < -0.3 is 10.1 Å². The summed E-state index contributed by atoms with van der Waals surface area (Å²) in [4.78, 5) is 2.56. The predicted molar refractivity (Wildman–Crippen MR) is 86.7 cm³/mol. The maximum atomic E-state index is 6.03. The molecule has 0 bridgehead atoms. The normalized spacial score (nSPS) is 10.5. The van der Waals surface area contributed by atoms with Gasteiger partial charge in [-0.15, -0.1) is 11.3 Å². The molecule has 0 spiro atoms. The summed E-state index contributed by atoms with van der Waals surface area (Å²) in [7, 11) is 0. The molecule has 0 saturated heterocycles. The van der Waals surface area contributed by atoms with Crippen LogP contribution in [-0.4, -0.2) is 6.61 Å². The highest BCUT2D eigenvalue weighted by atomic mass is 79.9. The first-order valence-electron chi connectivity index (χ1n) is 6.01. The van der Waals surface area contributed by atoms with E-state index in [0.29, 0.717) is 11.6 Å². The van der Waals surface area contributed by atoms with Crippen molar-refractivity contribution in [3.05, 3.63) is 43.5 Å². The fourth-order valence-electron chi connectivity index (χ4n) is 1.71. The van der Waals surface area contributed by atoms with Gasteiger partial charge in [-0.1, -0.05) is 11.6 Å². The molecule has 0 aliphatic rings. The maximum Gasteiger partial charge on any atom is 0.142 e. The second kappa shape index (κ2) is 6.64. The van der Waals surface area contributed by atoms with Crippen molar-refractivity contribution in [3.63, 3.8) is 0 Å². The molecule has 2 nitrogen and oxygen atoms in total. The Morgan fingerprint density at radius 2 is 2.16 bits per heavy atom. The number of hydrogen-bond acceptors (Lipinski definition) is 3. The molecule has 0 amide bonds. The third-order valence-electron chi connectivity index (χ3n) is 2.60. The summed E-state index contributed by atoms with van der Waals surface area (Å²) in [6.07, 6.45) is 0. The Balaban J connectivity index is 2.11. The summed E-state index contributed by atoms with van der Waals surface area (Å²) >= 11 is 11.3. The lowest BCUT2D eigenvalue weighted by Crippen LogP contribution is -2.01. The van der Waals surface area contributed by atoms with Gasteiger partial charge in [0.05, 0.1) is 12.3 Å². The van der Waals surface area contributed by atoms with Gasteiger partial charge >= 0.3 is 0 Å². The molecule has 102 valence electrons. The van der Waals surface area contributed by atoms with E-state index in [-0.39, 0.29) is 0 Å². The predicted octanol–water partition coefficient (Wildman–Crippen LogP) is 5.48. The Morgan fingerprint density at radius 3 is 2.79 bits per heavy atom. The molecule has 2 aromatic rings. The van der Waals surface area contributed by atoms with Crippen molar-refractivity contribution in [2.45, 2.75) is 20.4 Å². The molecule has 0 fully saturated rings. The lowest BCUT2D eigenvalue weighted by Gasteiger charge is -2.12. The van der Waals surface area contributed by atoms with Crippen LogP contribution in [0.1, 0.15) is 16.7 Å². The molecule has 0 unspecified atom stereocenters. The van der Waals surface area contributed by atoms with E-state index in [9.17, 15) is 0 Å². The van der Waals surface area contributed by atoms with Crippen LogP contribution in [0.5, 0.6) is 5.75 Å². The van der Waals surface area contributed by atoms with E-state index >= 15 is 0 Å². The average molecular weight is 361 g/mol. The van der Waals surface area contributed by atoms with Crippen LogP contribution in [0.4, 0.5) is 5.69 Å². The summed E-state index contributed by atoms with van der Waals surface area (Å²) in [6, 6.07) is 7.76. The minimum absolute atomic E-state index is 0.639. The quantitative estimate of drug-likeness (QED) is 0.762. The minimum Gasteiger partial charge on any atom is -0.492 e. The number of aryl methyl sites for hydroxylation is 1. The van der Waals surface area contributed by atoms with Crippen LogP contribution in [0.3, 0.4) is 0 Å². The lowest BCUT2D eigenvalue weighted by molar-refractivity contribution is 0.341. The molecule has 0 aliphatic heterocycles. The third-order valence-corrected chi connectivity index (χ3v) is 4.97. The van der Waals surface area contributed by atoms with Crippen LogP contribution in [0.2, 0.25) is 5.02 Å². The van der Waals surface area contributed by atoms with Gasteiger partial charge in [-0.2, -0.15) is 0 Å². The number of ether oxygens (including phenoxy) is 1. The van der Waals surface area contributed by atoms with Crippen molar-refractivity contribution >= 4 is 44.6 Å². The van der Waals surface area contributed by atoms with E-state index in [1.807, 2.05) is 25.1 Å². The fraction of sp³-hybridized carbons (Fsp3) is 0.286. The van der Waals surface area contributed by atoms with Crippen LogP contribution in [-0.2, 0) is 6.54 Å². The van der Waals surface area contributed by atoms with E-state index in [2.05, 4.69) is 34.2 Å². The van der Waals surface area contributed by atoms with E-state index < -0.39 is 0 Å². The van der Waals surface area contributed by atoms with Gasteiger partial charge in [0, 0.05) is 25.8 Å². The van der Waals surface area contributed by atoms with Gasteiger partial charge in [-0.25, -0.2) is 0 Å². The second-order valence-corrected chi connectivity index (χ2v) is 6.68. The van der Waals surface area contributed by atoms with E-state index in [1.165, 1.54) is 9.75 Å². The highest BCUT2D eigenvalue weighted by Gasteiger charge is 2.06. The molecule has 1 aromatic heterocycles. The second-order valence-electron chi connectivity index (χ2n) is 4.04. The molecule has 0 radical (unpaired) electrons. The van der Waals surface area contributed by atoms with Gasteiger partial charge in [-0.05, 0) is 54.0 Å². The van der Waals surface area contributed by atoms with Gasteiger partial charge in [0.25, 0.3) is 0 Å². The topological polar surface area (TPSA) is 21.3 Å². The molecular weight excluding hydrogens is 346 g/mol. The molecule has 2 rings (SSSR count). The third kappa shape index (κ3) is 3.88. The van der Waals surface area contributed by atoms with Gasteiger partial charge in [-0.3, -0.25) is 0 Å². The summed E-state index contributed by atoms with van der Waals surface area (Å²) < 4.78 is 6.74. The number of anilines is 1. The SMILES string of the molecule is CCOc1ccc(Cl)cc1NCc1cc(Br)c(C)s1. The number of benzene rings is 1. The van der Waals surface area contributed by atoms with Crippen LogP contribution < -0.4 is 10.1 Å². The Labute approximate surface area is 130 Å². The van der Waals surface area contributed by atoms with Crippen molar-refractivity contribution in [1.82, 2.24) is 0 Å². The summed E-state index contributed by atoms with van der Waals surface area (Å²) in [5.41, 5.74) is 0.927. The van der Waals surface area contributed by atoms with Crippen LogP contribution in [0, 0.1) is 6.92 Å². The zero-order valence-electron chi connectivity index (χ0n) is 10.8. The highest BCUT2D eigenvalue weighted by molar-refractivity contribution is 9.10. The molecule has 0 saturated carbocycles. The maximum absolute atomic E-state index is 6.03.